The lowest BCUT2D eigenvalue weighted by molar-refractivity contribution is -0.252. The molecule has 2 fully saturated rings. The molecule has 4 atom stereocenters. The monoisotopic (exact) mass is 554 g/mol. The van der Waals surface area contributed by atoms with Crippen LogP contribution in [0.5, 0.6) is 0 Å². The van der Waals surface area contributed by atoms with Crippen LogP contribution in [0.15, 0.2) is 79.0 Å². The van der Waals surface area contributed by atoms with Gasteiger partial charge in [-0.15, -0.1) is 0 Å². The van der Waals surface area contributed by atoms with Crippen LogP contribution in [0.1, 0.15) is 58.0 Å². The second-order valence-electron chi connectivity index (χ2n) is 10.7. The highest BCUT2D eigenvalue weighted by atomic mass is 16.7. The van der Waals surface area contributed by atoms with E-state index in [1.165, 1.54) is 6.20 Å². The maximum atomic E-state index is 12.7. The summed E-state index contributed by atoms with van der Waals surface area (Å²) in [6, 6.07) is 23.1. The minimum atomic E-state index is -0.555. The van der Waals surface area contributed by atoms with Crippen LogP contribution in [-0.4, -0.2) is 62.8 Å². The molecule has 0 spiro atoms. The molecule has 3 N–H and O–H groups in total. The van der Waals surface area contributed by atoms with Crippen molar-refractivity contribution in [2.24, 2.45) is 0 Å². The zero-order valence-electron chi connectivity index (χ0n) is 22.7. The molecule has 0 aliphatic carbocycles. The molecule has 6 rings (SSSR count). The Labute approximate surface area is 238 Å². The van der Waals surface area contributed by atoms with Crippen molar-refractivity contribution in [1.29, 1.82) is 0 Å². The number of rotatable bonds is 8. The molecule has 1 amide bonds. The lowest BCUT2D eigenvalue weighted by Gasteiger charge is -2.37. The second kappa shape index (κ2) is 12.4. The van der Waals surface area contributed by atoms with Gasteiger partial charge < -0.3 is 25.0 Å². The van der Waals surface area contributed by atoms with E-state index in [9.17, 15) is 15.0 Å². The van der Waals surface area contributed by atoms with Crippen molar-refractivity contribution in [2.45, 2.75) is 50.6 Å². The van der Waals surface area contributed by atoms with Crippen LogP contribution in [0.2, 0.25) is 0 Å². The molecule has 1 aromatic heterocycles. The van der Waals surface area contributed by atoms with Gasteiger partial charge in [-0.2, -0.15) is 0 Å². The molecule has 0 bridgehead atoms. The van der Waals surface area contributed by atoms with Gasteiger partial charge in [0.15, 0.2) is 6.29 Å². The third-order valence-corrected chi connectivity index (χ3v) is 7.71. The summed E-state index contributed by atoms with van der Waals surface area (Å²) < 4.78 is 12.9. The smallest absolute Gasteiger partial charge is 0.271 e. The average Bonchev–Trinajstić information content (AvgIpc) is 3.43. The van der Waals surface area contributed by atoms with Crippen molar-refractivity contribution in [3.63, 3.8) is 0 Å². The predicted octanol–water partition coefficient (Wildman–Crippen LogP) is 3.66. The van der Waals surface area contributed by atoms with Gasteiger partial charge >= 0.3 is 0 Å². The van der Waals surface area contributed by atoms with Crippen LogP contribution in [0.4, 0.5) is 0 Å². The molecule has 2 saturated heterocycles. The van der Waals surface area contributed by atoms with Gasteiger partial charge in [-0.1, -0.05) is 60.7 Å². The Morgan fingerprint density at radius 1 is 0.951 bits per heavy atom. The average molecular weight is 555 g/mol. The number of fused-ring (bicyclic) bond motifs is 1. The number of ether oxygens (including phenoxy) is 2. The Morgan fingerprint density at radius 3 is 2.41 bits per heavy atom. The molecule has 2 aliphatic heterocycles. The van der Waals surface area contributed by atoms with Crippen molar-refractivity contribution in [2.75, 3.05) is 19.6 Å². The molecule has 0 radical (unpaired) electrons. The van der Waals surface area contributed by atoms with Crippen molar-refractivity contribution in [3.05, 3.63) is 107 Å². The van der Waals surface area contributed by atoms with Gasteiger partial charge in [-0.25, -0.2) is 4.98 Å². The van der Waals surface area contributed by atoms with Gasteiger partial charge in [0.1, 0.15) is 5.69 Å². The SMILES string of the molecule is O=C(NCc1ccc([C@H]2O[C@@H](CN3CC[C@H](O)C3)C[C@@H](c3ccc(CO)cc3)O2)cc1)c1cnc2ccccc2n1. The lowest BCUT2D eigenvalue weighted by atomic mass is 9.99. The van der Waals surface area contributed by atoms with E-state index in [0.717, 1.165) is 47.3 Å². The molecule has 9 heteroatoms. The predicted molar refractivity (Wildman–Crippen MR) is 153 cm³/mol. The summed E-state index contributed by atoms with van der Waals surface area (Å²) in [5.41, 5.74) is 5.43. The Hall–Kier alpha value is -3.73. The molecule has 0 saturated carbocycles. The Balaban J connectivity index is 1.12. The van der Waals surface area contributed by atoms with Crippen LogP contribution in [0, 0.1) is 0 Å². The zero-order chi connectivity index (χ0) is 28.2. The van der Waals surface area contributed by atoms with Crippen molar-refractivity contribution >= 4 is 16.9 Å². The zero-order valence-corrected chi connectivity index (χ0v) is 22.7. The molecule has 2 aliphatic rings. The highest BCUT2D eigenvalue weighted by molar-refractivity contribution is 5.93. The van der Waals surface area contributed by atoms with E-state index in [-0.39, 0.29) is 36.5 Å². The summed E-state index contributed by atoms with van der Waals surface area (Å²) in [6.45, 7) is 2.59. The second-order valence-corrected chi connectivity index (χ2v) is 10.7. The van der Waals surface area contributed by atoms with E-state index in [0.29, 0.717) is 25.0 Å². The number of carbonyl (C=O) groups is 1. The first kappa shape index (κ1) is 27.4. The Morgan fingerprint density at radius 2 is 1.68 bits per heavy atom. The molecule has 212 valence electrons. The quantitative estimate of drug-likeness (QED) is 0.302. The first-order valence-electron chi connectivity index (χ1n) is 14.0. The number of nitrogens with one attached hydrogen (secondary N) is 1. The summed E-state index contributed by atoms with van der Waals surface area (Å²) in [5, 5.41) is 22.3. The fourth-order valence-corrected chi connectivity index (χ4v) is 5.43. The third-order valence-electron chi connectivity index (χ3n) is 7.71. The first-order valence-corrected chi connectivity index (χ1v) is 14.0. The van der Waals surface area contributed by atoms with Gasteiger partial charge in [-0.3, -0.25) is 14.7 Å². The Bertz CT molecular complexity index is 1480. The number of amides is 1. The molecule has 41 heavy (non-hydrogen) atoms. The van der Waals surface area contributed by atoms with Crippen LogP contribution in [0.25, 0.3) is 11.0 Å². The highest BCUT2D eigenvalue weighted by Crippen LogP contribution is 2.38. The largest absolute Gasteiger partial charge is 0.392 e. The van der Waals surface area contributed by atoms with Crippen LogP contribution < -0.4 is 5.32 Å². The fraction of sp³-hybridized carbons (Fsp3) is 0.344. The number of likely N-dealkylation sites (tertiary alicyclic amines) is 1. The number of β-amino-alcohol motifs (C(OH)–C–C–N with tert-alkyl or cyclic N) is 1. The number of hydrogen-bond acceptors (Lipinski definition) is 8. The highest BCUT2D eigenvalue weighted by Gasteiger charge is 2.34. The van der Waals surface area contributed by atoms with Crippen LogP contribution >= 0.6 is 0 Å². The summed E-state index contributed by atoms with van der Waals surface area (Å²) in [7, 11) is 0. The maximum absolute atomic E-state index is 12.7. The van der Waals surface area contributed by atoms with E-state index in [1.807, 2.05) is 72.8 Å². The van der Waals surface area contributed by atoms with Gasteiger partial charge in [0, 0.05) is 38.2 Å². The van der Waals surface area contributed by atoms with E-state index in [4.69, 9.17) is 9.47 Å². The van der Waals surface area contributed by atoms with E-state index >= 15 is 0 Å². The van der Waals surface area contributed by atoms with Crippen molar-refractivity contribution in [3.8, 4) is 0 Å². The minimum absolute atomic E-state index is 0.0000866. The van der Waals surface area contributed by atoms with Crippen LogP contribution in [-0.2, 0) is 22.6 Å². The summed E-state index contributed by atoms with van der Waals surface area (Å²) in [6.07, 6.45) is 1.90. The van der Waals surface area contributed by atoms with Crippen molar-refractivity contribution in [1.82, 2.24) is 20.2 Å². The first-order chi connectivity index (χ1) is 20.0. The lowest BCUT2D eigenvalue weighted by Crippen LogP contribution is -2.38. The van der Waals surface area contributed by atoms with E-state index in [1.54, 1.807) is 0 Å². The minimum Gasteiger partial charge on any atom is -0.392 e. The van der Waals surface area contributed by atoms with Gasteiger partial charge in [0.25, 0.3) is 5.91 Å². The van der Waals surface area contributed by atoms with Gasteiger partial charge in [-0.05, 0) is 35.2 Å². The number of nitrogens with zero attached hydrogens (tertiary/aromatic N) is 3. The van der Waals surface area contributed by atoms with Crippen molar-refractivity contribution < 1.29 is 24.5 Å². The summed E-state index contributed by atoms with van der Waals surface area (Å²) in [5.74, 6) is -0.281. The van der Waals surface area contributed by atoms with E-state index in [2.05, 4.69) is 20.2 Å². The van der Waals surface area contributed by atoms with E-state index < -0.39 is 6.29 Å². The number of hydrogen-bond donors (Lipinski definition) is 3. The Kier molecular flexibility index (Phi) is 8.31. The summed E-state index contributed by atoms with van der Waals surface area (Å²) >= 11 is 0. The molecule has 3 aromatic carbocycles. The molecule has 4 aromatic rings. The standard InChI is InChI=1S/C32H34N4O5/c37-20-22-7-9-23(10-8-22)30-15-26(19-36-14-13-25(38)18-36)40-32(41-30)24-11-5-21(6-12-24)16-34-31(39)29-17-33-27-3-1-2-4-28(27)35-29/h1-12,17,25-26,30,32,37-38H,13-16,18-20H2,(H,34,39)/t25-,26+,30-,32-/m0/s1. The number of para-hydroxylation sites is 2. The molecule has 3 heterocycles. The number of benzene rings is 3. The number of carbonyl (C=O) groups excluding carboxylic acids is 1. The number of aliphatic hydroxyl groups is 2. The van der Waals surface area contributed by atoms with Gasteiger partial charge in [0.05, 0.1) is 42.1 Å². The fourth-order valence-electron chi connectivity index (χ4n) is 5.43. The molecular weight excluding hydrogens is 520 g/mol. The van der Waals surface area contributed by atoms with Crippen LogP contribution in [0.3, 0.4) is 0 Å². The third kappa shape index (κ3) is 6.61. The molecule has 9 nitrogen and oxygen atoms in total. The normalized spacial score (nSPS) is 23.1. The molecular formula is C32H34N4O5. The van der Waals surface area contributed by atoms with Gasteiger partial charge in [0.2, 0.25) is 0 Å². The summed E-state index contributed by atoms with van der Waals surface area (Å²) in [4.78, 5) is 23.7. The maximum Gasteiger partial charge on any atom is 0.271 e. The molecule has 0 unspecified atom stereocenters. The topological polar surface area (TPSA) is 117 Å². The number of aliphatic hydroxyl groups excluding tert-OH is 2. The number of aromatic nitrogens is 2.